The molecule has 2 aromatic rings. The molecule has 0 radical (unpaired) electrons. The average Bonchev–Trinajstić information content (AvgIpc) is 2.88. The van der Waals surface area contributed by atoms with Crippen LogP contribution in [0.2, 0.25) is 0 Å². The predicted molar refractivity (Wildman–Crippen MR) is 79.0 cm³/mol. The van der Waals surface area contributed by atoms with Crippen molar-refractivity contribution in [2.24, 2.45) is 5.73 Å². The van der Waals surface area contributed by atoms with Gasteiger partial charge >= 0.3 is 0 Å². The van der Waals surface area contributed by atoms with E-state index in [0.29, 0.717) is 0 Å². The van der Waals surface area contributed by atoms with E-state index in [1.807, 2.05) is 30.9 Å². The van der Waals surface area contributed by atoms with Gasteiger partial charge in [-0.25, -0.2) is 4.98 Å². The van der Waals surface area contributed by atoms with E-state index in [4.69, 9.17) is 5.73 Å². The molecule has 2 rings (SSSR count). The van der Waals surface area contributed by atoms with Crippen molar-refractivity contribution in [1.29, 1.82) is 0 Å². The largest absolute Gasteiger partial charge is 0.329 e. The summed E-state index contributed by atoms with van der Waals surface area (Å²) < 4.78 is 5.24. The van der Waals surface area contributed by atoms with Crippen LogP contribution in [0, 0.1) is 6.92 Å². The lowest BCUT2D eigenvalue weighted by atomic mass is 10.2. The summed E-state index contributed by atoms with van der Waals surface area (Å²) in [6.07, 6.45) is 4.60. The number of rotatable bonds is 5. The van der Waals surface area contributed by atoms with Gasteiger partial charge in [0, 0.05) is 31.4 Å². The number of aromatic nitrogens is 4. The van der Waals surface area contributed by atoms with Crippen molar-refractivity contribution in [2.45, 2.75) is 46.3 Å². The van der Waals surface area contributed by atoms with E-state index in [1.165, 1.54) is 5.69 Å². The van der Waals surface area contributed by atoms with Crippen molar-refractivity contribution in [3.8, 4) is 0 Å². The smallest absolute Gasteiger partial charge is 0.110 e. The average molecular weight is 326 g/mol. The zero-order chi connectivity index (χ0) is 14.0. The van der Waals surface area contributed by atoms with Crippen LogP contribution in [0.1, 0.15) is 31.1 Å². The molecule has 0 fully saturated rings. The summed E-state index contributed by atoms with van der Waals surface area (Å²) >= 11 is 3.62. The lowest BCUT2D eigenvalue weighted by Crippen LogP contribution is -2.21. The summed E-state index contributed by atoms with van der Waals surface area (Å²) in [5.74, 6) is 1.02. The molecule has 0 bridgehead atoms. The molecule has 2 N–H and O–H groups in total. The number of aryl methyl sites for hydroxylation is 2. The molecule has 0 spiro atoms. The zero-order valence-corrected chi connectivity index (χ0v) is 13.2. The highest BCUT2D eigenvalue weighted by Crippen LogP contribution is 2.22. The number of nitrogens with zero attached hydrogens (tertiary/aromatic N) is 4. The van der Waals surface area contributed by atoms with Gasteiger partial charge in [0.25, 0.3) is 0 Å². The Labute approximate surface area is 121 Å². The van der Waals surface area contributed by atoms with Crippen molar-refractivity contribution in [3.05, 3.63) is 34.1 Å². The highest BCUT2D eigenvalue weighted by atomic mass is 79.9. The zero-order valence-electron chi connectivity index (χ0n) is 11.6. The van der Waals surface area contributed by atoms with Crippen molar-refractivity contribution in [3.63, 3.8) is 0 Å². The SMILES string of the molecule is CCn1nc(C)c(Br)c1Cn1ccnc1CC(C)N. The molecule has 0 aliphatic carbocycles. The summed E-state index contributed by atoms with van der Waals surface area (Å²) in [4.78, 5) is 4.38. The fraction of sp³-hybridized carbons (Fsp3) is 0.538. The third-order valence-corrected chi connectivity index (χ3v) is 4.11. The van der Waals surface area contributed by atoms with Gasteiger partial charge in [-0.05, 0) is 36.7 Å². The second-order valence-electron chi connectivity index (χ2n) is 4.81. The summed E-state index contributed by atoms with van der Waals surface area (Å²) in [5.41, 5.74) is 8.05. The van der Waals surface area contributed by atoms with Gasteiger partial charge in [-0.3, -0.25) is 4.68 Å². The highest BCUT2D eigenvalue weighted by molar-refractivity contribution is 9.10. The molecule has 2 aromatic heterocycles. The van der Waals surface area contributed by atoms with Crippen molar-refractivity contribution in [2.75, 3.05) is 0 Å². The summed E-state index contributed by atoms with van der Waals surface area (Å²) in [5, 5.41) is 4.51. The molecule has 19 heavy (non-hydrogen) atoms. The molecule has 2 heterocycles. The van der Waals surface area contributed by atoms with Gasteiger partial charge in [0.15, 0.2) is 0 Å². The van der Waals surface area contributed by atoms with Crippen LogP contribution >= 0.6 is 15.9 Å². The number of hydrogen-bond donors (Lipinski definition) is 1. The fourth-order valence-electron chi connectivity index (χ4n) is 2.14. The highest BCUT2D eigenvalue weighted by Gasteiger charge is 2.14. The van der Waals surface area contributed by atoms with Crippen molar-refractivity contribution >= 4 is 15.9 Å². The van der Waals surface area contributed by atoms with Crippen LogP contribution in [0.15, 0.2) is 16.9 Å². The van der Waals surface area contributed by atoms with Crippen LogP contribution in [0.25, 0.3) is 0 Å². The van der Waals surface area contributed by atoms with Gasteiger partial charge in [-0.1, -0.05) is 0 Å². The number of imidazole rings is 1. The quantitative estimate of drug-likeness (QED) is 0.915. The molecule has 0 amide bonds. The lowest BCUT2D eigenvalue weighted by molar-refractivity contribution is 0.579. The molecule has 0 aliphatic heterocycles. The van der Waals surface area contributed by atoms with E-state index < -0.39 is 0 Å². The molecule has 1 atom stereocenters. The molecular weight excluding hydrogens is 306 g/mol. The molecule has 6 heteroatoms. The Kier molecular flexibility index (Phi) is 4.42. The van der Waals surface area contributed by atoms with Gasteiger partial charge in [-0.2, -0.15) is 5.10 Å². The first kappa shape index (κ1) is 14.3. The summed E-state index contributed by atoms with van der Waals surface area (Å²) in [7, 11) is 0. The minimum absolute atomic E-state index is 0.113. The maximum Gasteiger partial charge on any atom is 0.110 e. The molecule has 0 aliphatic rings. The predicted octanol–water partition coefficient (Wildman–Crippen LogP) is 2.11. The Balaban J connectivity index is 2.29. The molecular formula is C13H20BrN5. The van der Waals surface area contributed by atoms with Crippen LogP contribution in [-0.2, 0) is 19.5 Å². The summed E-state index contributed by atoms with van der Waals surface area (Å²) in [6.45, 7) is 7.72. The minimum Gasteiger partial charge on any atom is -0.329 e. The normalized spacial score (nSPS) is 12.9. The Hall–Kier alpha value is -1.14. The molecule has 104 valence electrons. The first-order valence-electron chi connectivity index (χ1n) is 6.50. The van der Waals surface area contributed by atoms with E-state index in [2.05, 4.69) is 37.5 Å². The maximum absolute atomic E-state index is 5.86. The third kappa shape index (κ3) is 3.06. The number of halogens is 1. The van der Waals surface area contributed by atoms with Crippen LogP contribution in [-0.4, -0.2) is 25.4 Å². The Morgan fingerprint density at radius 3 is 2.84 bits per heavy atom. The Bertz CT molecular complexity index is 555. The molecule has 5 nitrogen and oxygen atoms in total. The summed E-state index contributed by atoms with van der Waals surface area (Å²) in [6, 6.07) is 0.113. The Morgan fingerprint density at radius 1 is 1.47 bits per heavy atom. The molecule has 0 saturated heterocycles. The first-order chi connectivity index (χ1) is 9.02. The van der Waals surface area contributed by atoms with Crippen LogP contribution in [0.4, 0.5) is 0 Å². The van der Waals surface area contributed by atoms with E-state index in [0.717, 1.165) is 35.5 Å². The van der Waals surface area contributed by atoms with E-state index in [1.54, 1.807) is 0 Å². The van der Waals surface area contributed by atoms with Crippen molar-refractivity contribution in [1.82, 2.24) is 19.3 Å². The topological polar surface area (TPSA) is 61.7 Å². The second kappa shape index (κ2) is 5.88. The van der Waals surface area contributed by atoms with Gasteiger partial charge < -0.3 is 10.3 Å². The second-order valence-corrected chi connectivity index (χ2v) is 5.61. The van der Waals surface area contributed by atoms with Crippen LogP contribution in [0.3, 0.4) is 0 Å². The number of hydrogen-bond acceptors (Lipinski definition) is 3. The van der Waals surface area contributed by atoms with Crippen LogP contribution < -0.4 is 5.73 Å². The molecule has 1 unspecified atom stereocenters. The molecule has 0 aromatic carbocycles. The number of nitrogens with two attached hydrogens (primary N) is 1. The first-order valence-corrected chi connectivity index (χ1v) is 7.29. The van der Waals surface area contributed by atoms with Gasteiger partial charge in [0.2, 0.25) is 0 Å². The maximum atomic E-state index is 5.86. The standard InChI is InChI=1S/C13H20BrN5/c1-4-19-11(13(14)10(3)17-19)8-18-6-5-16-12(18)7-9(2)15/h5-6,9H,4,7-8,15H2,1-3H3. The van der Waals surface area contributed by atoms with Crippen molar-refractivity contribution < 1.29 is 0 Å². The fourth-order valence-corrected chi connectivity index (χ4v) is 2.55. The third-order valence-electron chi connectivity index (χ3n) is 3.08. The Morgan fingerprint density at radius 2 is 2.21 bits per heavy atom. The lowest BCUT2D eigenvalue weighted by Gasteiger charge is -2.11. The van der Waals surface area contributed by atoms with Crippen LogP contribution in [0.5, 0.6) is 0 Å². The van der Waals surface area contributed by atoms with Gasteiger partial charge in [0.1, 0.15) is 5.82 Å². The van der Waals surface area contributed by atoms with E-state index in [-0.39, 0.29) is 6.04 Å². The van der Waals surface area contributed by atoms with Gasteiger partial charge in [0.05, 0.1) is 22.4 Å². The van der Waals surface area contributed by atoms with E-state index in [9.17, 15) is 0 Å². The minimum atomic E-state index is 0.113. The molecule has 0 saturated carbocycles. The van der Waals surface area contributed by atoms with Gasteiger partial charge in [-0.15, -0.1) is 0 Å². The van der Waals surface area contributed by atoms with E-state index >= 15 is 0 Å². The monoisotopic (exact) mass is 325 g/mol.